The number of hydrogen-bond donors (Lipinski definition) is 2. The molecule has 2 unspecified atom stereocenters. The van der Waals surface area contributed by atoms with Crippen molar-refractivity contribution < 1.29 is 4.79 Å². The van der Waals surface area contributed by atoms with E-state index < -0.39 is 0 Å². The number of nitrogens with one attached hydrogen (secondary N) is 2. The SMILES string of the molecule is Cl.O=C(CSc1ccncc1)NC1CC2CCC(C1)N2. The summed E-state index contributed by atoms with van der Waals surface area (Å²) in [7, 11) is 0. The van der Waals surface area contributed by atoms with Crippen molar-refractivity contribution in [1.82, 2.24) is 15.6 Å². The van der Waals surface area contributed by atoms with E-state index in [9.17, 15) is 4.79 Å². The van der Waals surface area contributed by atoms with E-state index in [1.807, 2.05) is 12.1 Å². The van der Waals surface area contributed by atoms with E-state index in [0.717, 1.165) is 17.7 Å². The van der Waals surface area contributed by atoms with Gasteiger partial charge in [0.15, 0.2) is 0 Å². The van der Waals surface area contributed by atoms with Gasteiger partial charge >= 0.3 is 0 Å². The number of nitrogens with zero attached hydrogens (tertiary/aromatic N) is 1. The van der Waals surface area contributed by atoms with Crippen LogP contribution in [0.1, 0.15) is 25.7 Å². The zero-order chi connectivity index (χ0) is 13.1. The second-order valence-corrected chi connectivity index (χ2v) is 6.39. The van der Waals surface area contributed by atoms with Gasteiger partial charge in [-0.25, -0.2) is 0 Å². The van der Waals surface area contributed by atoms with E-state index in [0.29, 0.717) is 23.9 Å². The Morgan fingerprint density at radius 2 is 1.95 bits per heavy atom. The van der Waals surface area contributed by atoms with Crippen molar-refractivity contribution in [2.45, 2.75) is 48.7 Å². The quantitative estimate of drug-likeness (QED) is 0.835. The van der Waals surface area contributed by atoms with E-state index in [2.05, 4.69) is 15.6 Å². The fourth-order valence-corrected chi connectivity index (χ4v) is 3.72. The molecule has 4 nitrogen and oxygen atoms in total. The molecule has 3 heterocycles. The first-order valence-electron chi connectivity index (χ1n) is 6.88. The number of carbonyl (C=O) groups is 1. The molecule has 0 aromatic carbocycles. The molecule has 0 spiro atoms. The molecule has 2 bridgehead atoms. The second kappa shape index (κ2) is 7.29. The zero-order valence-corrected chi connectivity index (χ0v) is 12.9. The summed E-state index contributed by atoms with van der Waals surface area (Å²) >= 11 is 1.57. The first-order valence-corrected chi connectivity index (χ1v) is 7.86. The van der Waals surface area contributed by atoms with Crippen LogP contribution in [-0.2, 0) is 4.79 Å². The molecule has 2 fully saturated rings. The molecule has 2 aliphatic heterocycles. The maximum absolute atomic E-state index is 12.0. The number of carbonyl (C=O) groups excluding carboxylic acids is 1. The Kier molecular flexibility index (Phi) is 5.69. The Labute approximate surface area is 129 Å². The van der Waals surface area contributed by atoms with Crippen LogP contribution >= 0.6 is 24.2 Å². The number of aromatic nitrogens is 1. The van der Waals surface area contributed by atoms with Gasteiger partial charge in [-0.15, -0.1) is 24.2 Å². The molecule has 2 atom stereocenters. The predicted molar refractivity (Wildman–Crippen MR) is 83.3 cm³/mol. The second-order valence-electron chi connectivity index (χ2n) is 5.35. The van der Waals surface area contributed by atoms with E-state index in [1.165, 1.54) is 12.8 Å². The summed E-state index contributed by atoms with van der Waals surface area (Å²) in [6.07, 6.45) is 8.21. The number of fused-ring (bicyclic) bond motifs is 2. The third-order valence-electron chi connectivity index (χ3n) is 3.86. The number of piperidine rings is 1. The normalized spacial score (nSPS) is 27.7. The summed E-state index contributed by atoms with van der Waals surface area (Å²) in [6, 6.07) is 5.48. The van der Waals surface area contributed by atoms with Crippen LogP contribution in [0.2, 0.25) is 0 Å². The smallest absolute Gasteiger partial charge is 0.230 e. The van der Waals surface area contributed by atoms with Gasteiger partial charge in [-0.2, -0.15) is 0 Å². The molecule has 1 amide bonds. The Bertz CT molecular complexity index is 433. The van der Waals surface area contributed by atoms with Gasteiger partial charge < -0.3 is 10.6 Å². The molecular formula is C14H20ClN3OS. The molecule has 0 saturated carbocycles. The van der Waals surface area contributed by atoms with Crippen LogP contribution in [0, 0.1) is 0 Å². The number of thioether (sulfide) groups is 1. The van der Waals surface area contributed by atoms with Crippen molar-refractivity contribution in [3.05, 3.63) is 24.5 Å². The summed E-state index contributed by atoms with van der Waals surface area (Å²) in [5, 5.41) is 6.76. The molecular weight excluding hydrogens is 294 g/mol. The lowest BCUT2D eigenvalue weighted by atomic mass is 10.00. The largest absolute Gasteiger partial charge is 0.353 e. The molecule has 0 radical (unpaired) electrons. The van der Waals surface area contributed by atoms with Crippen molar-refractivity contribution >= 4 is 30.1 Å². The molecule has 3 rings (SSSR count). The lowest BCUT2D eigenvalue weighted by Crippen LogP contribution is -2.48. The van der Waals surface area contributed by atoms with Crippen LogP contribution < -0.4 is 10.6 Å². The van der Waals surface area contributed by atoms with E-state index in [1.54, 1.807) is 24.2 Å². The number of hydrogen-bond acceptors (Lipinski definition) is 4. The molecule has 0 aliphatic carbocycles. The topological polar surface area (TPSA) is 54.0 Å². The number of pyridine rings is 1. The maximum atomic E-state index is 12.0. The lowest BCUT2D eigenvalue weighted by Gasteiger charge is -2.29. The summed E-state index contributed by atoms with van der Waals surface area (Å²) in [6.45, 7) is 0. The van der Waals surface area contributed by atoms with Gasteiger partial charge in [0.2, 0.25) is 5.91 Å². The van der Waals surface area contributed by atoms with E-state index in [4.69, 9.17) is 0 Å². The van der Waals surface area contributed by atoms with Crippen LogP contribution in [0.3, 0.4) is 0 Å². The van der Waals surface area contributed by atoms with Crippen LogP contribution in [0.15, 0.2) is 29.4 Å². The van der Waals surface area contributed by atoms with Gasteiger partial charge in [0.1, 0.15) is 0 Å². The molecule has 2 N–H and O–H groups in total. The fraction of sp³-hybridized carbons (Fsp3) is 0.571. The van der Waals surface area contributed by atoms with Gasteiger partial charge in [0.25, 0.3) is 0 Å². The van der Waals surface area contributed by atoms with E-state index >= 15 is 0 Å². The van der Waals surface area contributed by atoms with E-state index in [-0.39, 0.29) is 18.3 Å². The first-order chi connectivity index (χ1) is 9.29. The summed E-state index contributed by atoms with van der Waals surface area (Å²) in [5.74, 6) is 0.636. The van der Waals surface area contributed by atoms with Crippen molar-refractivity contribution in [3.63, 3.8) is 0 Å². The van der Waals surface area contributed by atoms with Crippen LogP contribution in [0.4, 0.5) is 0 Å². The minimum Gasteiger partial charge on any atom is -0.353 e. The highest BCUT2D eigenvalue weighted by Gasteiger charge is 2.33. The van der Waals surface area contributed by atoms with Crippen molar-refractivity contribution in [1.29, 1.82) is 0 Å². The van der Waals surface area contributed by atoms with Crippen LogP contribution in [0.25, 0.3) is 0 Å². The third kappa shape index (κ3) is 4.11. The van der Waals surface area contributed by atoms with Crippen molar-refractivity contribution in [2.24, 2.45) is 0 Å². The number of amides is 1. The Balaban J connectivity index is 0.00000147. The average molecular weight is 314 g/mol. The minimum absolute atomic E-state index is 0. The summed E-state index contributed by atoms with van der Waals surface area (Å²) < 4.78 is 0. The van der Waals surface area contributed by atoms with Crippen LogP contribution in [0.5, 0.6) is 0 Å². The third-order valence-corrected chi connectivity index (χ3v) is 4.87. The molecule has 1 aromatic rings. The first kappa shape index (κ1) is 15.6. The molecule has 2 saturated heterocycles. The van der Waals surface area contributed by atoms with Gasteiger partial charge in [-0.05, 0) is 37.8 Å². The fourth-order valence-electron chi connectivity index (χ4n) is 3.03. The van der Waals surface area contributed by atoms with Gasteiger partial charge in [0, 0.05) is 35.4 Å². The zero-order valence-electron chi connectivity index (χ0n) is 11.2. The van der Waals surface area contributed by atoms with Crippen molar-refractivity contribution in [2.75, 3.05) is 5.75 Å². The Morgan fingerprint density at radius 1 is 1.30 bits per heavy atom. The molecule has 6 heteroatoms. The molecule has 20 heavy (non-hydrogen) atoms. The molecule has 1 aromatic heterocycles. The number of halogens is 1. The highest BCUT2D eigenvalue weighted by atomic mass is 35.5. The van der Waals surface area contributed by atoms with Crippen LogP contribution in [-0.4, -0.2) is 34.8 Å². The Hall–Kier alpha value is -0.780. The minimum atomic E-state index is 0. The van der Waals surface area contributed by atoms with Gasteiger partial charge in [-0.3, -0.25) is 9.78 Å². The molecule has 110 valence electrons. The number of rotatable bonds is 4. The summed E-state index contributed by atoms with van der Waals surface area (Å²) in [5.41, 5.74) is 0. The Morgan fingerprint density at radius 3 is 2.60 bits per heavy atom. The highest BCUT2D eigenvalue weighted by molar-refractivity contribution is 8.00. The van der Waals surface area contributed by atoms with Gasteiger partial charge in [0.05, 0.1) is 5.75 Å². The van der Waals surface area contributed by atoms with Gasteiger partial charge in [-0.1, -0.05) is 0 Å². The van der Waals surface area contributed by atoms with Crippen molar-refractivity contribution in [3.8, 4) is 0 Å². The standard InChI is InChI=1S/C14H19N3OS.ClH/c18-14(9-19-13-3-5-15-6-4-13)17-12-7-10-1-2-11(8-12)16-10;/h3-6,10-12,16H,1-2,7-9H2,(H,17,18);1H. The highest BCUT2D eigenvalue weighted by Crippen LogP contribution is 2.26. The lowest BCUT2D eigenvalue weighted by molar-refractivity contribution is -0.119. The summed E-state index contributed by atoms with van der Waals surface area (Å²) in [4.78, 5) is 17.0. The predicted octanol–water partition coefficient (Wildman–Crippen LogP) is 1.99. The molecule has 2 aliphatic rings. The average Bonchev–Trinajstić information content (AvgIpc) is 2.77. The maximum Gasteiger partial charge on any atom is 0.230 e. The monoisotopic (exact) mass is 313 g/mol.